The van der Waals surface area contributed by atoms with Gasteiger partial charge >= 0.3 is 0 Å². The average molecular weight is 388 g/mol. The van der Waals surface area contributed by atoms with E-state index in [-0.39, 0.29) is 11.8 Å². The SMILES string of the molecule is Oc1ccccc1N1C(c2ccccc2)C12C(c1ccccc1)=Nc1ccccc12. The van der Waals surface area contributed by atoms with Gasteiger partial charge in [-0.25, -0.2) is 4.99 Å². The molecule has 2 aliphatic heterocycles. The van der Waals surface area contributed by atoms with E-state index in [0.29, 0.717) is 0 Å². The molecule has 2 atom stereocenters. The Balaban J connectivity index is 1.64. The second kappa shape index (κ2) is 6.33. The fourth-order valence-electron chi connectivity index (χ4n) is 4.94. The number of para-hydroxylation sites is 3. The second-order valence-electron chi connectivity index (χ2n) is 7.78. The Hall–Kier alpha value is -3.85. The maximum absolute atomic E-state index is 10.8. The molecule has 2 aliphatic rings. The summed E-state index contributed by atoms with van der Waals surface area (Å²) in [6, 6.07) is 36.9. The molecule has 144 valence electrons. The van der Waals surface area contributed by atoms with E-state index < -0.39 is 5.54 Å². The quantitative estimate of drug-likeness (QED) is 0.438. The Morgan fingerprint density at radius 2 is 1.33 bits per heavy atom. The Labute approximate surface area is 175 Å². The van der Waals surface area contributed by atoms with E-state index in [9.17, 15) is 5.11 Å². The van der Waals surface area contributed by atoms with Gasteiger partial charge < -0.3 is 10.0 Å². The van der Waals surface area contributed by atoms with E-state index in [0.717, 1.165) is 22.6 Å². The highest BCUT2D eigenvalue weighted by atomic mass is 16.3. The molecule has 4 aromatic carbocycles. The predicted molar refractivity (Wildman–Crippen MR) is 121 cm³/mol. The molecule has 0 amide bonds. The zero-order valence-corrected chi connectivity index (χ0v) is 16.3. The minimum atomic E-state index is -0.446. The van der Waals surface area contributed by atoms with Gasteiger partial charge in [0.1, 0.15) is 11.3 Å². The Morgan fingerprint density at radius 1 is 0.700 bits per heavy atom. The lowest BCUT2D eigenvalue weighted by atomic mass is 9.85. The third kappa shape index (κ3) is 2.23. The number of hydrogen-bond donors (Lipinski definition) is 1. The molecule has 3 nitrogen and oxygen atoms in total. The van der Waals surface area contributed by atoms with E-state index in [2.05, 4.69) is 71.6 Å². The zero-order chi connectivity index (χ0) is 20.1. The standard InChI is InChI=1S/C27H20N2O/c30-24-18-10-9-17-23(24)29-26(20-13-5-2-6-14-20)27(29)21-15-7-8-16-22(21)28-25(27)19-11-3-1-4-12-19/h1-18,26,30H. The van der Waals surface area contributed by atoms with Crippen molar-refractivity contribution in [2.45, 2.75) is 11.6 Å². The van der Waals surface area contributed by atoms with E-state index in [4.69, 9.17) is 4.99 Å². The fraction of sp³-hybridized carbons (Fsp3) is 0.0741. The predicted octanol–water partition coefficient (Wildman–Crippen LogP) is 5.98. The van der Waals surface area contributed by atoms with Crippen LogP contribution in [0.15, 0.2) is 114 Å². The molecule has 4 aromatic rings. The number of benzene rings is 4. The number of nitrogens with zero attached hydrogens (tertiary/aromatic N) is 2. The van der Waals surface area contributed by atoms with Crippen LogP contribution in [0.4, 0.5) is 11.4 Å². The molecule has 0 bridgehead atoms. The van der Waals surface area contributed by atoms with Crippen LogP contribution in [0.25, 0.3) is 0 Å². The van der Waals surface area contributed by atoms with Crippen molar-refractivity contribution in [3.63, 3.8) is 0 Å². The Kier molecular flexibility index (Phi) is 3.59. The smallest absolute Gasteiger partial charge is 0.138 e. The molecule has 30 heavy (non-hydrogen) atoms. The van der Waals surface area contributed by atoms with Crippen molar-refractivity contribution in [2.75, 3.05) is 4.90 Å². The number of phenols is 1. The summed E-state index contributed by atoms with van der Waals surface area (Å²) < 4.78 is 0. The summed E-state index contributed by atoms with van der Waals surface area (Å²) in [4.78, 5) is 7.43. The topological polar surface area (TPSA) is 35.6 Å². The molecule has 0 radical (unpaired) electrons. The van der Waals surface area contributed by atoms with E-state index in [1.165, 1.54) is 11.1 Å². The number of aromatic hydroxyl groups is 1. The molecule has 1 saturated heterocycles. The minimum absolute atomic E-state index is 0.0506. The molecule has 0 aliphatic carbocycles. The maximum atomic E-state index is 10.8. The second-order valence-corrected chi connectivity index (χ2v) is 7.78. The molecule has 2 heterocycles. The van der Waals surface area contributed by atoms with Crippen molar-refractivity contribution in [3.05, 3.63) is 126 Å². The molecular weight excluding hydrogens is 368 g/mol. The van der Waals surface area contributed by atoms with Crippen molar-refractivity contribution >= 4 is 17.1 Å². The van der Waals surface area contributed by atoms with Crippen LogP contribution in [-0.2, 0) is 5.54 Å². The first kappa shape index (κ1) is 17.0. The van der Waals surface area contributed by atoms with Crippen molar-refractivity contribution < 1.29 is 5.11 Å². The molecule has 1 spiro atoms. The summed E-state index contributed by atoms with van der Waals surface area (Å²) in [5.74, 6) is 0.284. The van der Waals surface area contributed by atoms with Crippen LogP contribution in [0.5, 0.6) is 5.75 Å². The number of fused-ring (bicyclic) bond motifs is 2. The normalized spacial score (nSPS) is 21.4. The van der Waals surface area contributed by atoms with Crippen molar-refractivity contribution in [3.8, 4) is 5.75 Å². The molecule has 1 N–H and O–H groups in total. The third-order valence-corrected chi connectivity index (χ3v) is 6.18. The lowest BCUT2D eigenvalue weighted by molar-refractivity contribution is 0.476. The van der Waals surface area contributed by atoms with Gasteiger partial charge in [0.2, 0.25) is 0 Å². The Morgan fingerprint density at radius 3 is 2.10 bits per heavy atom. The van der Waals surface area contributed by atoms with Crippen LogP contribution in [-0.4, -0.2) is 10.8 Å². The number of aliphatic imine (C=N–C) groups is 1. The van der Waals surface area contributed by atoms with Gasteiger partial charge in [-0.2, -0.15) is 0 Å². The van der Waals surface area contributed by atoms with Crippen LogP contribution in [0.1, 0.15) is 22.7 Å². The summed E-state index contributed by atoms with van der Waals surface area (Å²) in [5.41, 5.74) is 5.90. The molecule has 1 fully saturated rings. The van der Waals surface area contributed by atoms with Gasteiger partial charge in [0, 0.05) is 5.56 Å². The van der Waals surface area contributed by atoms with Gasteiger partial charge in [-0.15, -0.1) is 0 Å². The summed E-state index contributed by atoms with van der Waals surface area (Å²) >= 11 is 0. The number of rotatable bonds is 3. The largest absolute Gasteiger partial charge is 0.506 e. The van der Waals surface area contributed by atoms with Gasteiger partial charge in [-0.1, -0.05) is 91.0 Å². The lowest BCUT2D eigenvalue weighted by Gasteiger charge is -2.17. The van der Waals surface area contributed by atoms with Crippen LogP contribution in [0.2, 0.25) is 0 Å². The summed E-state index contributed by atoms with van der Waals surface area (Å²) in [6.07, 6.45) is 0. The summed E-state index contributed by atoms with van der Waals surface area (Å²) in [5, 5.41) is 10.8. The van der Waals surface area contributed by atoms with Crippen molar-refractivity contribution in [2.24, 2.45) is 4.99 Å². The highest BCUT2D eigenvalue weighted by molar-refractivity contribution is 6.18. The van der Waals surface area contributed by atoms with Crippen LogP contribution in [0.3, 0.4) is 0 Å². The maximum Gasteiger partial charge on any atom is 0.138 e. The molecular formula is C27H20N2O. The Bertz CT molecular complexity index is 1270. The molecule has 6 rings (SSSR count). The highest BCUT2D eigenvalue weighted by Crippen LogP contribution is 2.68. The van der Waals surface area contributed by atoms with Crippen LogP contribution in [0, 0.1) is 0 Å². The van der Waals surface area contributed by atoms with Gasteiger partial charge in [0.25, 0.3) is 0 Å². The van der Waals surface area contributed by atoms with Gasteiger partial charge in [-0.05, 0) is 29.3 Å². The van der Waals surface area contributed by atoms with Crippen LogP contribution >= 0.6 is 0 Å². The van der Waals surface area contributed by atoms with Crippen LogP contribution < -0.4 is 4.90 Å². The average Bonchev–Trinajstić information content (AvgIpc) is 3.37. The van der Waals surface area contributed by atoms with E-state index >= 15 is 0 Å². The summed E-state index contributed by atoms with van der Waals surface area (Å²) in [7, 11) is 0. The number of anilines is 1. The number of phenolic OH excluding ortho intramolecular Hbond substituents is 1. The van der Waals surface area contributed by atoms with E-state index in [1.54, 1.807) is 6.07 Å². The fourth-order valence-corrected chi connectivity index (χ4v) is 4.94. The zero-order valence-electron chi connectivity index (χ0n) is 16.3. The minimum Gasteiger partial charge on any atom is -0.506 e. The molecule has 3 heteroatoms. The lowest BCUT2D eigenvalue weighted by Crippen LogP contribution is -2.25. The third-order valence-electron chi connectivity index (χ3n) is 6.18. The van der Waals surface area contributed by atoms with Gasteiger partial charge in [0.05, 0.1) is 23.1 Å². The first-order chi connectivity index (χ1) is 14.8. The highest BCUT2D eigenvalue weighted by Gasteiger charge is 2.70. The first-order valence-electron chi connectivity index (χ1n) is 10.2. The molecule has 2 unspecified atom stereocenters. The first-order valence-corrected chi connectivity index (χ1v) is 10.2. The van der Waals surface area contributed by atoms with Gasteiger partial charge in [-0.3, -0.25) is 0 Å². The van der Waals surface area contributed by atoms with Crippen molar-refractivity contribution in [1.29, 1.82) is 0 Å². The summed E-state index contributed by atoms with van der Waals surface area (Å²) in [6.45, 7) is 0. The number of hydrogen-bond acceptors (Lipinski definition) is 3. The van der Waals surface area contributed by atoms with Gasteiger partial charge in [0.15, 0.2) is 0 Å². The van der Waals surface area contributed by atoms with E-state index in [1.807, 2.05) is 36.4 Å². The van der Waals surface area contributed by atoms with Crippen molar-refractivity contribution in [1.82, 2.24) is 0 Å². The molecule has 0 aromatic heterocycles. The molecule has 0 saturated carbocycles. The monoisotopic (exact) mass is 388 g/mol.